The van der Waals surface area contributed by atoms with E-state index in [0.29, 0.717) is 18.3 Å². The van der Waals surface area contributed by atoms with E-state index in [4.69, 9.17) is 0 Å². The molecule has 2 fully saturated rings. The van der Waals surface area contributed by atoms with E-state index < -0.39 is 0 Å². The smallest absolute Gasteiger partial charge is 0.271 e. The van der Waals surface area contributed by atoms with Crippen molar-refractivity contribution in [2.75, 3.05) is 19.6 Å². The van der Waals surface area contributed by atoms with Crippen LogP contribution in [0.2, 0.25) is 0 Å². The molecule has 0 aliphatic carbocycles. The Kier molecular flexibility index (Phi) is 3.24. The van der Waals surface area contributed by atoms with Crippen LogP contribution in [0.5, 0.6) is 0 Å². The Morgan fingerprint density at radius 2 is 2.19 bits per heavy atom. The molecule has 5 nitrogen and oxygen atoms in total. The molecule has 1 aromatic heterocycles. The summed E-state index contributed by atoms with van der Waals surface area (Å²) >= 11 is 0. The van der Waals surface area contributed by atoms with Gasteiger partial charge in [0.25, 0.3) is 5.56 Å². The normalized spacial score (nSPS) is 26.1. The highest BCUT2D eigenvalue weighted by Gasteiger charge is 2.34. The van der Waals surface area contributed by atoms with Gasteiger partial charge in [0.2, 0.25) is 0 Å². The molecule has 0 unspecified atom stereocenters. The number of fused-ring (bicyclic) bond motifs is 2. The molecule has 0 amide bonds. The molecule has 0 bridgehead atoms. The van der Waals surface area contributed by atoms with Crippen molar-refractivity contribution in [3.8, 4) is 0 Å². The van der Waals surface area contributed by atoms with Gasteiger partial charge in [-0.3, -0.25) is 9.69 Å². The third-order valence-electron chi connectivity index (χ3n) is 4.72. The predicted octanol–water partition coefficient (Wildman–Crippen LogP) is 1.11. The summed E-state index contributed by atoms with van der Waals surface area (Å²) in [7, 11) is 0. The van der Waals surface area contributed by atoms with Crippen LogP contribution in [0.15, 0.2) is 29.1 Å². The van der Waals surface area contributed by atoms with Crippen molar-refractivity contribution in [1.29, 1.82) is 0 Å². The van der Waals surface area contributed by atoms with Crippen molar-refractivity contribution < 1.29 is 0 Å². The number of H-pyrrole nitrogens is 1. The molecule has 2 saturated heterocycles. The minimum absolute atomic E-state index is 0.0588. The summed E-state index contributed by atoms with van der Waals surface area (Å²) < 4.78 is 0. The molecule has 2 aliphatic heterocycles. The first-order valence-corrected chi connectivity index (χ1v) is 7.73. The summed E-state index contributed by atoms with van der Waals surface area (Å²) in [4.78, 5) is 22.0. The van der Waals surface area contributed by atoms with Crippen LogP contribution in [0.4, 0.5) is 0 Å². The average molecular weight is 284 g/mol. The fraction of sp³-hybridized carbons (Fsp3) is 0.500. The molecule has 2 N–H and O–H groups in total. The summed E-state index contributed by atoms with van der Waals surface area (Å²) in [6, 6.07) is 8.29. The van der Waals surface area contributed by atoms with Gasteiger partial charge in [-0.05, 0) is 37.4 Å². The van der Waals surface area contributed by atoms with Crippen LogP contribution >= 0.6 is 0 Å². The second-order valence-electron chi connectivity index (χ2n) is 6.19. The zero-order valence-electron chi connectivity index (χ0n) is 12.0. The van der Waals surface area contributed by atoms with Gasteiger partial charge in [-0.2, -0.15) is 0 Å². The molecule has 2 atom stereocenters. The fourth-order valence-electron chi connectivity index (χ4n) is 3.65. The highest BCUT2D eigenvalue weighted by atomic mass is 16.1. The lowest BCUT2D eigenvalue weighted by molar-refractivity contribution is 0.308. The maximum atomic E-state index is 12.2. The second kappa shape index (κ2) is 5.24. The summed E-state index contributed by atoms with van der Waals surface area (Å²) in [6.07, 6.45) is 2.57. The topological polar surface area (TPSA) is 61.0 Å². The standard InChI is InChI=1S/C16H20N4O/c21-16-15(18-12-5-1-2-6-13(12)19-16)10-20-8-11-4-3-7-17-14(11)9-20/h1-2,5-6,11,14,17H,3-4,7-10H2,(H,19,21)/t11-,14+/m0/s1. The van der Waals surface area contributed by atoms with Gasteiger partial charge in [0.1, 0.15) is 5.69 Å². The van der Waals surface area contributed by atoms with E-state index in [0.717, 1.165) is 36.6 Å². The van der Waals surface area contributed by atoms with Gasteiger partial charge in [-0.25, -0.2) is 4.98 Å². The lowest BCUT2D eigenvalue weighted by atomic mass is 9.94. The fourth-order valence-corrected chi connectivity index (χ4v) is 3.65. The van der Waals surface area contributed by atoms with E-state index in [1.165, 1.54) is 12.8 Å². The van der Waals surface area contributed by atoms with Crippen LogP contribution in [-0.4, -0.2) is 40.5 Å². The van der Waals surface area contributed by atoms with Crippen LogP contribution in [0.25, 0.3) is 11.0 Å². The Labute approximate surface area is 123 Å². The molecule has 0 spiro atoms. The third-order valence-corrected chi connectivity index (χ3v) is 4.72. The minimum atomic E-state index is -0.0588. The van der Waals surface area contributed by atoms with Crippen LogP contribution < -0.4 is 10.9 Å². The van der Waals surface area contributed by atoms with Crippen LogP contribution in [-0.2, 0) is 6.54 Å². The number of benzene rings is 1. The zero-order chi connectivity index (χ0) is 14.2. The van der Waals surface area contributed by atoms with Gasteiger partial charge in [0.05, 0.1) is 11.0 Å². The third kappa shape index (κ3) is 2.47. The van der Waals surface area contributed by atoms with Gasteiger partial charge in [-0.1, -0.05) is 12.1 Å². The van der Waals surface area contributed by atoms with Gasteiger partial charge in [-0.15, -0.1) is 0 Å². The number of piperidine rings is 1. The monoisotopic (exact) mass is 284 g/mol. The average Bonchev–Trinajstić information content (AvgIpc) is 2.90. The summed E-state index contributed by atoms with van der Waals surface area (Å²) in [6.45, 7) is 3.88. The summed E-state index contributed by atoms with van der Waals surface area (Å²) in [5.41, 5.74) is 2.24. The molecule has 1 aromatic carbocycles. The Morgan fingerprint density at radius 3 is 3.10 bits per heavy atom. The summed E-state index contributed by atoms with van der Waals surface area (Å²) in [5.74, 6) is 0.735. The van der Waals surface area contributed by atoms with Crippen molar-refractivity contribution in [3.05, 3.63) is 40.3 Å². The highest BCUT2D eigenvalue weighted by Crippen LogP contribution is 2.25. The van der Waals surface area contributed by atoms with E-state index >= 15 is 0 Å². The molecule has 2 aliphatic rings. The number of nitrogens with zero attached hydrogens (tertiary/aromatic N) is 2. The van der Waals surface area contributed by atoms with Crippen molar-refractivity contribution in [1.82, 2.24) is 20.2 Å². The number of hydrogen-bond donors (Lipinski definition) is 2. The number of nitrogens with one attached hydrogen (secondary N) is 2. The first kappa shape index (κ1) is 13.0. The highest BCUT2D eigenvalue weighted by molar-refractivity contribution is 5.73. The number of aromatic nitrogens is 2. The minimum Gasteiger partial charge on any atom is -0.319 e. The lowest BCUT2D eigenvalue weighted by Crippen LogP contribution is -2.40. The van der Waals surface area contributed by atoms with Crippen molar-refractivity contribution in [2.45, 2.75) is 25.4 Å². The SMILES string of the molecule is O=c1[nH]c2ccccc2nc1CN1C[C@@H]2CCCN[C@@H]2C1. The first-order valence-electron chi connectivity index (χ1n) is 7.73. The molecular weight excluding hydrogens is 264 g/mol. The largest absolute Gasteiger partial charge is 0.319 e. The van der Waals surface area contributed by atoms with E-state index in [2.05, 4.69) is 20.2 Å². The molecule has 21 heavy (non-hydrogen) atoms. The predicted molar refractivity (Wildman–Crippen MR) is 82.2 cm³/mol. The van der Waals surface area contributed by atoms with Gasteiger partial charge in [0.15, 0.2) is 0 Å². The van der Waals surface area contributed by atoms with E-state index in [1.54, 1.807) is 0 Å². The van der Waals surface area contributed by atoms with E-state index in [1.807, 2.05) is 24.3 Å². The van der Waals surface area contributed by atoms with Crippen molar-refractivity contribution in [3.63, 3.8) is 0 Å². The lowest BCUT2D eigenvalue weighted by Gasteiger charge is -2.24. The quantitative estimate of drug-likeness (QED) is 0.867. The number of rotatable bonds is 2. The Balaban J connectivity index is 1.57. The zero-order valence-corrected chi connectivity index (χ0v) is 12.0. The maximum absolute atomic E-state index is 12.2. The van der Waals surface area contributed by atoms with Gasteiger partial charge < -0.3 is 10.3 Å². The number of aromatic amines is 1. The molecule has 2 aromatic rings. The molecule has 3 heterocycles. The van der Waals surface area contributed by atoms with Crippen LogP contribution in [0, 0.1) is 5.92 Å². The second-order valence-corrected chi connectivity index (χ2v) is 6.19. The molecule has 4 rings (SSSR count). The Morgan fingerprint density at radius 1 is 1.29 bits per heavy atom. The molecule has 5 heteroatoms. The summed E-state index contributed by atoms with van der Waals surface area (Å²) in [5, 5.41) is 3.59. The number of para-hydroxylation sites is 2. The number of hydrogen-bond acceptors (Lipinski definition) is 4. The van der Waals surface area contributed by atoms with Gasteiger partial charge >= 0.3 is 0 Å². The molecule has 0 radical (unpaired) electrons. The van der Waals surface area contributed by atoms with E-state index in [-0.39, 0.29) is 5.56 Å². The van der Waals surface area contributed by atoms with Crippen molar-refractivity contribution in [2.24, 2.45) is 5.92 Å². The molecule has 0 saturated carbocycles. The van der Waals surface area contributed by atoms with Crippen LogP contribution in [0.1, 0.15) is 18.5 Å². The Bertz CT molecular complexity index is 697. The molecule has 110 valence electrons. The van der Waals surface area contributed by atoms with Crippen LogP contribution in [0.3, 0.4) is 0 Å². The number of likely N-dealkylation sites (tertiary alicyclic amines) is 1. The Hall–Kier alpha value is -1.72. The molecular formula is C16H20N4O. The maximum Gasteiger partial charge on any atom is 0.271 e. The van der Waals surface area contributed by atoms with Gasteiger partial charge in [0, 0.05) is 25.7 Å². The van der Waals surface area contributed by atoms with E-state index in [9.17, 15) is 4.79 Å². The van der Waals surface area contributed by atoms with Crippen molar-refractivity contribution >= 4 is 11.0 Å². The first-order chi connectivity index (χ1) is 10.3.